The Hall–Kier alpha value is -1.22. The van der Waals surface area contributed by atoms with Crippen molar-refractivity contribution in [2.75, 3.05) is 29.4 Å². The van der Waals surface area contributed by atoms with Crippen LogP contribution >= 0.6 is 39.3 Å². The Labute approximate surface area is 171 Å². The van der Waals surface area contributed by atoms with E-state index in [0.29, 0.717) is 27.5 Å². The molecule has 140 valence electrons. The fourth-order valence-electron chi connectivity index (χ4n) is 2.11. The number of rotatable bonds is 8. The average Bonchev–Trinajstić information content (AvgIpc) is 2.58. The van der Waals surface area contributed by atoms with Gasteiger partial charge < -0.3 is 5.32 Å². The van der Waals surface area contributed by atoms with Gasteiger partial charge in [0.15, 0.2) is 0 Å². The van der Waals surface area contributed by atoms with Crippen LogP contribution in [0.25, 0.3) is 0 Å². The molecule has 9 heteroatoms. The summed E-state index contributed by atoms with van der Waals surface area (Å²) in [5.74, 6) is 0.309. The van der Waals surface area contributed by atoms with Crippen LogP contribution in [0.4, 0.5) is 5.69 Å². The lowest BCUT2D eigenvalue weighted by Gasteiger charge is -2.23. The largest absolute Gasteiger partial charge is 0.354 e. The van der Waals surface area contributed by atoms with Crippen LogP contribution < -0.4 is 9.62 Å². The van der Waals surface area contributed by atoms with E-state index in [4.69, 9.17) is 11.6 Å². The van der Waals surface area contributed by atoms with Gasteiger partial charge in [-0.05, 0) is 52.3 Å². The number of halogens is 2. The third-order valence-electron chi connectivity index (χ3n) is 3.32. The number of nitrogens with one attached hydrogen (secondary N) is 1. The van der Waals surface area contributed by atoms with E-state index in [0.717, 1.165) is 15.5 Å². The number of benzene rings is 2. The predicted octanol–water partition coefficient (Wildman–Crippen LogP) is 3.78. The van der Waals surface area contributed by atoms with Crippen LogP contribution in [0.3, 0.4) is 0 Å². The molecule has 0 atom stereocenters. The summed E-state index contributed by atoms with van der Waals surface area (Å²) in [5, 5.41) is 3.43. The molecule has 0 aromatic heterocycles. The zero-order valence-electron chi connectivity index (χ0n) is 14.0. The van der Waals surface area contributed by atoms with Crippen LogP contribution in [0.2, 0.25) is 5.02 Å². The molecule has 0 aliphatic carbocycles. The molecule has 2 rings (SSSR count). The summed E-state index contributed by atoms with van der Waals surface area (Å²) in [7, 11) is -3.59. The Balaban J connectivity index is 1.89. The summed E-state index contributed by atoms with van der Waals surface area (Å²) >= 11 is 10.7. The first-order valence-electron chi connectivity index (χ1n) is 7.64. The predicted molar refractivity (Wildman–Crippen MR) is 112 cm³/mol. The molecule has 0 saturated heterocycles. The Bertz CT molecular complexity index is 861. The monoisotopic (exact) mass is 476 g/mol. The molecule has 0 heterocycles. The van der Waals surface area contributed by atoms with Crippen molar-refractivity contribution in [2.45, 2.75) is 4.90 Å². The van der Waals surface area contributed by atoms with E-state index in [1.54, 1.807) is 36.0 Å². The zero-order chi connectivity index (χ0) is 19.2. The lowest BCUT2D eigenvalue weighted by molar-refractivity contribution is -0.119. The third kappa shape index (κ3) is 6.50. The van der Waals surface area contributed by atoms with Crippen LogP contribution in [0.15, 0.2) is 57.9 Å². The molecule has 0 spiro atoms. The van der Waals surface area contributed by atoms with Crippen molar-refractivity contribution < 1.29 is 13.2 Å². The first-order chi connectivity index (χ1) is 12.3. The second kappa shape index (κ2) is 9.64. The van der Waals surface area contributed by atoms with Gasteiger partial charge in [-0.2, -0.15) is 0 Å². The molecular weight excluding hydrogens is 460 g/mol. The molecule has 0 aliphatic heterocycles. The highest BCUT2D eigenvalue weighted by Crippen LogP contribution is 2.27. The molecule has 1 N–H and O–H groups in total. The maximum Gasteiger partial charge on any atom is 0.240 e. The number of carbonyl (C=O) groups is 1. The van der Waals surface area contributed by atoms with Gasteiger partial charge in [-0.3, -0.25) is 9.10 Å². The van der Waals surface area contributed by atoms with Crippen molar-refractivity contribution >= 4 is 60.9 Å². The van der Waals surface area contributed by atoms with Gasteiger partial charge in [-0.15, -0.1) is 11.8 Å². The van der Waals surface area contributed by atoms with Gasteiger partial charge in [0, 0.05) is 26.7 Å². The van der Waals surface area contributed by atoms with E-state index in [2.05, 4.69) is 21.2 Å². The fourth-order valence-corrected chi connectivity index (χ4v) is 4.49. The molecule has 0 aliphatic rings. The van der Waals surface area contributed by atoms with Crippen LogP contribution in [0, 0.1) is 0 Å². The molecule has 2 aromatic rings. The molecule has 1 amide bonds. The molecule has 0 radical (unpaired) electrons. The average molecular weight is 478 g/mol. The minimum absolute atomic E-state index is 0.271. The fraction of sp³-hybridized carbons (Fsp3) is 0.235. The van der Waals surface area contributed by atoms with E-state index < -0.39 is 10.0 Å². The van der Waals surface area contributed by atoms with Gasteiger partial charge in [0.2, 0.25) is 15.9 Å². The Morgan fingerprint density at radius 1 is 1.19 bits per heavy atom. The maximum absolute atomic E-state index is 12.2. The van der Waals surface area contributed by atoms with Gasteiger partial charge in [-0.25, -0.2) is 8.42 Å². The van der Waals surface area contributed by atoms with E-state index >= 15 is 0 Å². The molecule has 5 nitrogen and oxygen atoms in total. The molecule has 0 saturated carbocycles. The van der Waals surface area contributed by atoms with E-state index in [1.165, 1.54) is 0 Å². The number of carbonyl (C=O) groups excluding carboxylic acids is 1. The summed E-state index contributed by atoms with van der Waals surface area (Å²) in [6.07, 6.45) is 1.08. The van der Waals surface area contributed by atoms with Crippen LogP contribution in [-0.2, 0) is 14.8 Å². The maximum atomic E-state index is 12.2. The number of sulfonamides is 1. The van der Waals surface area contributed by atoms with Crippen molar-refractivity contribution in [1.29, 1.82) is 0 Å². The highest BCUT2D eigenvalue weighted by Gasteiger charge is 2.22. The molecule has 0 unspecified atom stereocenters. The van der Waals surface area contributed by atoms with Gasteiger partial charge in [0.25, 0.3) is 0 Å². The zero-order valence-corrected chi connectivity index (χ0v) is 18.0. The molecule has 0 fully saturated rings. The minimum atomic E-state index is -3.59. The number of nitrogens with zero attached hydrogens (tertiary/aromatic N) is 1. The second-order valence-corrected chi connectivity index (χ2v) is 9.74. The summed E-state index contributed by atoms with van der Waals surface area (Å²) in [5.41, 5.74) is 0.431. The normalized spacial score (nSPS) is 11.2. The van der Waals surface area contributed by atoms with Gasteiger partial charge in [-0.1, -0.05) is 23.7 Å². The quantitative estimate of drug-likeness (QED) is 0.464. The molecular formula is C17H18BrClN2O3S2. The first-order valence-corrected chi connectivity index (χ1v) is 11.6. The second-order valence-electron chi connectivity index (χ2n) is 5.37. The minimum Gasteiger partial charge on any atom is -0.354 e. The Morgan fingerprint density at radius 3 is 2.46 bits per heavy atom. The standard InChI is InChI=1S/C17H18BrClN2O3S2/c1-26(23,24)21(16-5-3-2-4-15(16)18)12-17(22)20-10-11-25-14-8-6-13(19)7-9-14/h2-9H,10-12H2,1H3,(H,20,22). The summed E-state index contributed by atoms with van der Waals surface area (Å²) in [4.78, 5) is 13.2. The molecule has 2 aromatic carbocycles. The Morgan fingerprint density at radius 2 is 1.85 bits per heavy atom. The number of hydrogen-bond acceptors (Lipinski definition) is 4. The van der Waals surface area contributed by atoms with Gasteiger partial charge >= 0.3 is 0 Å². The van der Waals surface area contributed by atoms with E-state index in [1.807, 2.05) is 24.3 Å². The summed E-state index contributed by atoms with van der Waals surface area (Å²) in [6, 6.07) is 14.3. The van der Waals surface area contributed by atoms with Crippen LogP contribution in [0.1, 0.15) is 0 Å². The Kier molecular flexibility index (Phi) is 7.82. The highest BCUT2D eigenvalue weighted by molar-refractivity contribution is 9.10. The smallest absolute Gasteiger partial charge is 0.240 e. The topological polar surface area (TPSA) is 66.5 Å². The highest BCUT2D eigenvalue weighted by atomic mass is 79.9. The number of para-hydroxylation sites is 1. The lowest BCUT2D eigenvalue weighted by Crippen LogP contribution is -2.41. The van der Waals surface area contributed by atoms with Crippen molar-refractivity contribution in [3.05, 3.63) is 58.0 Å². The number of amides is 1. The van der Waals surface area contributed by atoms with Gasteiger partial charge in [0.1, 0.15) is 6.54 Å². The molecule has 0 bridgehead atoms. The van der Waals surface area contributed by atoms with Crippen molar-refractivity contribution in [2.24, 2.45) is 0 Å². The van der Waals surface area contributed by atoms with E-state index in [-0.39, 0.29) is 12.5 Å². The van der Waals surface area contributed by atoms with Gasteiger partial charge in [0.05, 0.1) is 11.9 Å². The molecule has 26 heavy (non-hydrogen) atoms. The number of thioether (sulfide) groups is 1. The number of hydrogen-bond donors (Lipinski definition) is 1. The number of anilines is 1. The van der Waals surface area contributed by atoms with Crippen molar-refractivity contribution in [1.82, 2.24) is 5.32 Å². The summed E-state index contributed by atoms with van der Waals surface area (Å²) in [6.45, 7) is 0.159. The lowest BCUT2D eigenvalue weighted by atomic mass is 10.3. The van der Waals surface area contributed by atoms with Crippen LogP contribution in [-0.4, -0.2) is 39.4 Å². The summed E-state index contributed by atoms with van der Waals surface area (Å²) < 4.78 is 25.8. The van der Waals surface area contributed by atoms with Crippen molar-refractivity contribution in [3.63, 3.8) is 0 Å². The first kappa shape index (κ1) is 21.1. The SMILES string of the molecule is CS(=O)(=O)N(CC(=O)NCCSc1ccc(Cl)cc1)c1ccccc1Br. The van der Waals surface area contributed by atoms with Crippen molar-refractivity contribution in [3.8, 4) is 0 Å². The van der Waals surface area contributed by atoms with Crippen LogP contribution in [0.5, 0.6) is 0 Å². The van der Waals surface area contributed by atoms with E-state index in [9.17, 15) is 13.2 Å². The third-order valence-corrected chi connectivity index (χ3v) is 6.38.